The van der Waals surface area contributed by atoms with Gasteiger partial charge >= 0.3 is 0 Å². The minimum Gasteiger partial charge on any atom is -0.303 e. The summed E-state index contributed by atoms with van der Waals surface area (Å²) >= 11 is 0. The molecule has 1 aromatic carbocycles. The van der Waals surface area contributed by atoms with Crippen LogP contribution in [-0.2, 0) is 11.8 Å². The molecule has 0 spiro atoms. The maximum Gasteiger partial charge on any atom is 0.123 e. The van der Waals surface area contributed by atoms with Crippen LogP contribution in [-0.4, -0.2) is 24.5 Å². The van der Waals surface area contributed by atoms with E-state index in [1.807, 2.05) is 6.07 Å². The van der Waals surface area contributed by atoms with Crippen LogP contribution >= 0.6 is 12.4 Å². The first-order valence-corrected chi connectivity index (χ1v) is 6.51. The highest BCUT2D eigenvalue weighted by atomic mass is 35.5. The zero-order valence-corrected chi connectivity index (χ0v) is 12.1. The lowest BCUT2D eigenvalue weighted by Crippen LogP contribution is -2.56. The number of fused-ring (bicyclic) bond motifs is 4. The first kappa shape index (κ1) is 13.8. The maximum absolute atomic E-state index is 13.5. The Morgan fingerprint density at radius 3 is 2.83 bits per heavy atom. The van der Waals surface area contributed by atoms with Gasteiger partial charge in [-0.3, -0.25) is 0 Å². The summed E-state index contributed by atoms with van der Waals surface area (Å²) in [5, 5.41) is 0. The highest BCUT2D eigenvalue weighted by Crippen LogP contribution is 2.48. The minimum atomic E-state index is -0.0884. The zero-order valence-electron chi connectivity index (χ0n) is 11.2. The molecule has 1 aromatic rings. The fraction of sp³-hybridized carbons (Fsp3) is 0.600. The van der Waals surface area contributed by atoms with Crippen molar-refractivity contribution in [3.8, 4) is 0 Å². The van der Waals surface area contributed by atoms with Gasteiger partial charge in [0, 0.05) is 6.04 Å². The average Bonchev–Trinajstić information content (AvgIpc) is 2.30. The molecule has 3 heteroatoms. The molecule has 0 saturated carbocycles. The molecule has 3 atom stereocenters. The number of rotatable bonds is 0. The third-order valence-electron chi connectivity index (χ3n) is 5.25. The summed E-state index contributed by atoms with van der Waals surface area (Å²) in [7, 11) is 2.22. The summed E-state index contributed by atoms with van der Waals surface area (Å²) in [4.78, 5) is 2.47. The van der Waals surface area contributed by atoms with Crippen LogP contribution in [0.15, 0.2) is 18.2 Å². The summed E-state index contributed by atoms with van der Waals surface area (Å²) in [6, 6.07) is 5.98. The van der Waals surface area contributed by atoms with E-state index in [1.54, 1.807) is 12.1 Å². The van der Waals surface area contributed by atoms with Crippen LogP contribution in [0.4, 0.5) is 4.39 Å². The van der Waals surface area contributed by atoms with Crippen LogP contribution in [0.5, 0.6) is 0 Å². The van der Waals surface area contributed by atoms with E-state index in [-0.39, 0.29) is 23.6 Å². The Labute approximate surface area is 115 Å². The Hall–Kier alpha value is -0.600. The van der Waals surface area contributed by atoms with Crippen molar-refractivity contribution >= 4 is 12.4 Å². The monoisotopic (exact) mass is 269 g/mol. The summed E-state index contributed by atoms with van der Waals surface area (Å²) in [6.07, 6.45) is 2.21. The van der Waals surface area contributed by atoms with Gasteiger partial charge in [-0.2, -0.15) is 0 Å². The fourth-order valence-corrected chi connectivity index (χ4v) is 3.80. The molecule has 18 heavy (non-hydrogen) atoms. The molecular weight excluding hydrogens is 249 g/mol. The molecule has 100 valence electrons. The second-order valence-electron chi connectivity index (χ2n) is 6.01. The molecule has 2 aliphatic rings. The van der Waals surface area contributed by atoms with Gasteiger partial charge in [0.25, 0.3) is 0 Å². The zero-order chi connectivity index (χ0) is 12.2. The number of piperidine rings is 1. The van der Waals surface area contributed by atoms with Crippen LogP contribution in [0, 0.1) is 11.7 Å². The molecule has 1 fully saturated rings. The molecule has 1 unspecified atom stereocenters. The summed E-state index contributed by atoms with van der Waals surface area (Å²) in [6.45, 7) is 5.77. The van der Waals surface area contributed by atoms with Crippen molar-refractivity contribution in [2.75, 3.05) is 13.6 Å². The predicted molar refractivity (Wildman–Crippen MR) is 74.9 cm³/mol. The third-order valence-corrected chi connectivity index (χ3v) is 5.25. The highest BCUT2D eigenvalue weighted by molar-refractivity contribution is 5.85. The van der Waals surface area contributed by atoms with Crippen LogP contribution in [0.25, 0.3) is 0 Å². The number of benzene rings is 1. The topological polar surface area (TPSA) is 3.24 Å². The molecule has 3 rings (SSSR count). The van der Waals surface area contributed by atoms with Crippen molar-refractivity contribution in [1.29, 1.82) is 0 Å². The molecule has 1 aliphatic carbocycles. The second kappa shape index (κ2) is 4.50. The lowest BCUT2D eigenvalue weighted by molar-refractivity contribution is 0.0505. The second-order valence-corrected chi connectivity index (χ2v) is 6.01. The summed E-state index contributed by atoms with van der Waals surface area (Å²) in [5.41, 5.74) is 2.77. The normalized spacial score (nSPS) is 34.7. The van der Waals surface area contributed by atoms with Crippen LogP contribution in [0.1, 0.15) is 31.4 Å². The van der Waals surface area contributed by atoms with E-state index in [0.29, 0.717) is 12.0 Å². The Kier molecular flexibility index (Phi) is 3.46. The standard InChI is InChI=1S/C15H20FN.ClH/c1-10-14-8-11-4-5-12(16)9-13(11)15(10,2)6-7-17(14)3;/h4-5,9-10,14H,6-8H2,1-3H3;1H/t10?,14-,15+;/m0./s1. The average molecular weight is 270 g/mol. The minimum absolute atomic E-state index is 0. The van der Waals surface area contributed by atoms with Gasteiger partial charge in [0.05, 0.1) is 0 Å². The van der Waals surface area contributed by atoms with E-state index in [0.717, 1.165) is 19.4 Å². The van der Waals surface area contributed by atoms with E-state index in [2.05, 4.69) is 25.8 Å². The number of hydrogen-bond acceptors (Lipinski definition) is 1. The molecule has 2 bridgehead atoms. The van der Waals surface area contributed by atoms with Gasteiger partial charge in [-0.15, -0.1) is 12.4 Å². The van der Waals surface area contributed by atoms with Gasteiger partial charge in [0.1, 0.15) is 5.82 Å². The van der Waals surface area contributed by atoms with Crippen LogP contribution < -0.4 is 0 Å². The van der Waals surface area contributed by atoms with E-state index in [1.165, 1.54) is 11.1 Å². The fourth-order valence-electron chi connectivity index (χ4n) is 3.80. The molecule has 0 radical (unpaired) electrons. The Balaban J connectivity index is 0.00000120. The SMILES string of the molecule is CC1[C@@H]2Cc3ccc(F)cc3[C@]1(C)CCN2C.Cl. The number of likely N-dealkylation sites (N-methyl/N-ethyl adjacent to an activating group) is 1. The van der Waals surface area contributed by atoms with Crippen molar-refractivity contribution in [2.45, 2.75) is 38.1 Å². The number of nitrogens with zero attached hydrogens (tertiary/aromatic N) is 1. The van der Waals surface area contributed by atoms with Crippen molar-refractivity contribution in [3.63, 3.8) is 0 Å². The third kappa shape index (κ3) is 1.78. The molecule has 1 saturated heterocycles. The van der Waals surface area contributed by atoms with Crippen LogP contribution in [0.2, 0.25) is 0 Å². The van der Waals surface area contributed by atoms with Gasteiger partial charge in [-0.05, 0) is 61.0 Å². The number of hydrogen-bond donors (Lipinski definition) is 0. The van der Waals surface area contributed by atoms with Crippen LogP contribution in [0.3, 0.4) is 0 Å². The lowest BCUT2D eigenvalue weighted by Gasteiger charge is -2.53. The highest BCUT2D eigenvalue weighted by Gasteiger charge is 2.47. The Morgan fingerprint density at radius 1 is 1.39 bits per heavy atom. The van der Waals surface area contributed by atoms with E-state index in [4.69, 9.17) is 0 Å². The van der Waals surface area contributed by atoms with Gasteiger partial charge < -0.3 is 4.90 Å². The smallest absolute Gasteiger partial charge is 0.123 e. The first-order chi connectivity index (χ1) is 8.02. The largest absolute Gasteiger partial charge is 0.303 e. The summed E-state index contributed by atoms with van der Waals surface area (Å²) < 4.78 is 13.5. The molecule has 0 N–H and O–H groups in total. The Morgan fingerprint density at radius 2 is 2.11 bits per heavy atom. The number of halogens is 2. The van der Waals surface area contributed by atoms with Crippen molar-refractivity contribution in [1.82, 2.24) is 4.90 Å². The molecule has 1 heterocycles. The van der Waals surface area contributed by atoms with Crippen molar-refractivity contribution in [2.24, 2.45) is 5.92 Å². The van der Waals surface area contributed by atoms with Gasteiger partial charge in [-0.1, -0.05) is 19.9 Å². The van der Waals surface area contributed by atoms with Crippen molar-refractivity contribution < 1.29 is 4.39 Å². The quantitative estimate of drug-likeness (QED) is 0.698. The first-order valence-electron chi connectivity index (χ1n) is 6.51. The molecule has 1 nitrogen and oxygen atoms in total. The van der Waals surface area contributed by atoms with E-state index >= 15 is 0 Å². The molecule has 0 aromatic heterocycles. The van der Waals surface area contributed by atoms with Gasteiger partial charge in [0.15, 0.2) is 0 Å². The lowest BCUT2D eigenvalue weighted by atomic mass is 9.59. The molecule has 1 aliphatic heterocycles. The summed E-state index contributed by atoms with van der Waals surface area (Å²) in [5.74, 6) is 0.519. The molecule has 0 amide bonds. The van der Waals surface area contributed by atoms with E-state index < -0.39 is 0 Å². The Bertz CT molecular complexity index is 462. The maximum atomic E-state index is 13.5. The number of likely N-dealkylation sites (tertiary alicyclic amines) is 1. The van der Waals surface area contributed by atoms with Crippen molar-refractivity contribution in [3.05, 3.63) is 35.1 Å². The molecular formula is C15H21ClFN. The predicted octanol–water partition coefficient (Wildman–Crippen LogP) is 3.40. The van der Waals surface area contributed by atoms with Gasteiger partial charge in [0.2, 0.25) is 0 Å². The van der Waals surface area contributed by atoms with E-state index in [9.17, 15) is 4.39 Å². The van der Waals surface area contributed by atoms with Gasteiger partial charge in [-0.25, -0.2) is 4.39 Å².